The van der Waals surface area contributed by atoms with Gasteiger partial charge in [0.05, 0.1) is 4.90 Å². The molecule has 0 aliphatic carbocycles. The maximum Gasteiger partial charge on any atom is 0.243 e. The molecule has 4 aromatic rings. The van der Waals surface area contributed by atoms with Crippen LogP contribution in [0.4, 0.5) is 5.82 Å². The minimum Gasteiger partial charge on any atom is -0.354 e. The van der Waals surface area contributed by atoms with Crippen molar-refractivity contribution in [2.45, 2.75) is 32.1 Å². The Kier molecular flexibility index (Phi) is 6.30. The number of rotatable bonds is 5. The Morgan fingerprint density at radius 2 is 1.49 bits per heavy atom. The van der Waals surface area contributed by atoms with Crippen molar-refractivity contribution >= 4 is 26.6 Å². The van der Waals surface area contributed by atoms with Gasteiger partial charge in [0.1, 0.15) is 11.6 Å². The lowest BCUT2D eigenvalue weighted by atomic mass is 10.0. The fourth-order valence-electron chi connectivity index (χ4n) is 4.71. The number of piperazine rings is 1. The first kappa shape index (κ1) is 23.5. The van der Waals surface area contributed by atoms with Crippen LogP contribution in [-0.2, 0) is 16.4 Å². The fraction of sp³-hybridized carbons (Fsp3) is 0.286. The van der Waals surface area contributed by atoms with Crippen LogP contribution in [0.3, 0.4) is 0 Å². The van der Waals surface area contributed by atoms with E-state index >= 15 is 0 Å². The smallest absolute Gasteiger partial charge is 0.243 e. The van der Waals surface area contributed by atoms with E-state index in [1.165, 1.54) is 11.1 Å². The van der Waals surface area contributed by atoms with Crippen LogP contribution in [0.15, 0.2) is 71.6 Å². The van der Waals surface area contributed by atoms with E-state index in [1.807, 2.05) is 44.2 Å². The van der Waals surface area contributed by atoms with Crippen LogP contribution in [0.25, 0.3) is 10.8 Å². The minimum atomic E-state index is -3.56. The van der Waals surface area contributed by atoms with Gasteiger partial charge in [-0.3, -0.25) is 0 Å². The predicted octanol–water partition coefficient (Wildman–Crippen LogP) is 4.66. The molecule has 0 spiro atoms. The molecule has 1 saturated heterocycles. The largest absolute Gasteiger partial charge is 0.354 e. The highest BCUT2D eigenvalue weighted by molar-refractivity contribution is 7.89. The zero-order valence-corrected chi connectivity index (χ0v) is 21.2. The van der Waals surface area contributed by atoms with Crippen LogP contribution < -0.4 is 4.90 Å². The highest BCUT2D eigenvalue weighted by Crippen LogP contribution is 2.27. The summed E-state index contributed by atoms with van der Waals surface area (Å²) in [6.45, 7) is 8.03. The molecule has 1 aromatic heterocycles. The second kappa shape index (κ2) is 9.40. The van der Waals surface area contributed by atoms with Crippen molar-refractivity contribution in [3.05, 3.63) is 94.9 Å². The molecular formula is C28H30N4O2S. The summed E-state index contributed by atoms with van der Waals surface area (Å²) >= 11 is 0. The van der Waals surface area contributed by atoms with Crippen molar-refractivity contribution in [1.29, 1.82) is 0 Å². The molecule has 0 amide bonds. The van der Waals surface area contributed by atoms with Crippen LogP contribution in [0.5, 0.6) is 0 Å². The first-order valence-electron chi connectivity index (χ1n) is 11.9. The Hall–Kier alpha value is -3.29. The van der Waals surface area contributed by atoms with Gasteiger partial charge in [0.15, 0.2) is 0 Å². The number of aromatic nitrogens is 2. The van der Waals surface area contributed by atoms with Gasteiger partial charge in [-0.05, 0) is 49.2 Å². The van der Waals surface area contributed by atoms with Crippen LogP contribution in [-0.4, -0.2) is 48.9 Å². The maximum absolute atomic E-state index is 13.4. The van der Waals surface area contributed by atoms with Gasteiger partial charge >= 0.3 is 0 Å². The summed E-state index contributed by atoms with van der Waals surface area (Å²) in [5.41, 5.74) is 4.52. The molecule has 0 N–H and O–H groups in total. The lowest BCUT2D eigenvalue weighted by Crippen LogP contribution is -2.49. The molecular weight excluding hydrogens is 456 g/mol. The van der Waals surface area contributed by atoms with Gasteiger partial charge in [-0.15, -0.1) is 0 Å². The molecule has 3 aromatic carbocycles. The van der Waals surface area contributed by atoms with Gasteiger partial charge in [0, 0.05) is 43.9 Å². The molecule has 0 saturated carbocycles. The number of hydrogen-bond donors (Lipinski definition) is 0. The molecule has 1 aliphatic rings. The van der Waals surface area contributed by atoms with E-state index in [0.29, 0.717) is 31.1 Å². The topological polar surface area (TPSA) is 66.4 Å². The zero-order valence-electron chi connectivity index (χ0n) is 20.4. The molecule has 2 heterocycles. The average Bonchev–Trinajstić information content (AvgIpc) is 2.86. The summed E-state index contributed by atoms with van der Waals surface area (Å²) in [7, 11) is -3.56. The molecule has 0 atom stereocenters. The third kappa shape index (κ3) is 4.79. The Labute approximate surface area is 207 Å². The van der Waals surface area contributed by atoms with Crippen molar-refractivity contribution < 1.29 is 8.42 Å². The summed E-state index contributed by atoms with van der Waals surface area (Å²) in [5, 5.41) is 1.96. The maximum atomic E-state index is 13.4. The molecule has 6 nitrogen and oxygen atoms in total. The van der Waals surface area contributed by atoms with E-state index < -0.39 is 10.0 Å². The van der Waals surface area contributed by atoms with Crippen LogP contribution in [0.2, 0.25) is 0 Å². The van der Waals surface area contributed by atoms with Crippen molar-refractivity contribution in [1.82, 2.24) is 14.3 Å². The van der Waals surface area contributed by atoms with Gasteiger partial charge in [-0.2, -0.15) is 4.31 Å². The molecule has 7 heteroatoms. The number of nitrogens with zero attached hydrogens (tertiary/aromatic N) is 4. The predicted molar refractivity (Wildman–Crippen MR) is 140 cm³/mol. The minimum absolute atomic E-state index is 0.346. The Morgan fingerprint density at radius 3 is 2.20 bits per heavy atom. The van der Waals surface area contributed by atoms with Crippen molar-refractivity contribution in [3.8, 4) is 0 Å². The lowest BCUT2D eigenvalue weighted by molar-refractivity contribution is 0.383. The summed E-state index contributed by atoms with van der Waals surface area (Å²) in [5.74, 6) is 1.65. The molecule has 35 heavy (non-hydrogen) atoms. The fourth-order valence-corrected chi connectivity index (χ4v) is 6.17. The third-order valence-corrected chi connectivity index (χ3v) is 8.60. The second-order valence-electron chi connectivity index (χ2n) is 9.22. The molecule has 1 aliphatic heterocycles. The van der Waals surface area contributed by atoms with E-state index in [0.717, 1.165) is 40.1 Å². The average molecular weight is 487 g/mol. The zero-order chi connectivity index (χ0) is 24.6. The highest BCUT2D eigenvalue weighted by atomic mass is 32.2. The summed E-state index contributed by atoms with van der Waals surface area (Å²) in [6, 6.07) is 21.7. The standard InChI is InChI=1S/C28H30N4O2S/c1-20-8-10-23(11-9-20)18-27-21(2)29-22(3)30-28(27)31-14-16-32(17-15-31)35(33,34)26-13-12-24-6-4-5-7-25(24)19-26/h4-13,19H,14-18H2,1-3H3. The number of sulfonamides is 1. The van der Waals surface area contributed by atoms with E-state index in [2.05, 4.69) is 41.1 Å². The Balaban J connectivity index is 1.37. The normalized spacial score (nSPS) is 15.0. The van der Waals surface area contributed by atoms with E-state index in [9.17, 15) is 8.42 Å². The van der Waals surface area contributed by atoms with Crippen molar-refractivity contribution in [2.75, 3.05) is 31.1 Å². The van der Waals surface area contributed by atoms with Gasteiger partial charge in [-0.1, -0.05) is 60.2 Å². The molecule has 0 radical (unpaired) electrons. The SMILES string of the molecule is Cc1ccc(Cc2c(C)nc(C)nc2N2CCN(S(=O)(=O)c3ccc4ccccc4c3)CC2)cc1. The monoisotopic (exact) mass is 486 g/mol. The molecule has 180 valence electrons. The number of hydrogen-bond acceptors (Lipinski definition) is 5. The summed E-state index contributed by atoms with van der Waals surface area (Å²) < 4.78 is 28.4. The highest BCUT2D eigenvalue weighted by Gasteiger charge is 2.30. The molecule has 5 rings (SSSR count). The van der Waals surface area contributed by atoms with E-state index in [-0.39, 0.29) is 0 Å². The van der Waals surface area contributed by atoms with E-state index in [4.69, 9.17) is 4.98 Å². The number of benzene rings is 3. The van der Waals surface area contributed by atoms with Crippen molar-refractivity contribution in [3.63, 3.8) is 0 Å². The van der Waals surface area contributed by atoms with Crippen LogP contribution >= 0.6 is 0 Å². The van der Waals surface area contributed by atoms with Gasteiger partial charge in [0.25, 0.3) is 0 Å². The van der Waals surface area contributed by atoms with Gasteiger partial charge < -0.3 is 4.90 Å². The molecule has 0 unspecified atom stereocenters. The van der Waals surface area contributed by atoms with E-state index in [1.54, 1.807) is 16.4 Å². The second-order valence-corrected chi connectivity index (χ2v) is 11.2. The third-order valence-electron chi connectivity index (χ3n) is 6.70. The summed E-state index contributed by atoms with van der Waals surface area (Å²) in [4.78, 5) is 12.0. The number of aryl methyl sites for hydroxylation is 3. The first-order valence-corrected chi connectivity index (χ1v) is 13.4. The summed E-state index contributed by atoms with van der Waals surface area (Å²) in [6.07, 6.45) is 0.747. The molecule has 0 bridgehead atoms. The van der Waals surface area contributed by atoms with Crippen molar-refractivity contribution in [2.24, 2.45) is 0 Å². The van der Waals surface area contributed by atoms with Gasteiger partial charge in [0.2, 0.25) is 10.0 Å². The molecule has 1 fully saturated rings. The Morgan fingerprint density at radius 1 is 0.800 bits per heavy atom. The van der Waals surface area contributed by atoms with Crippen LogP contribution in [0.1, 0.15) is 28.2 Å². The van der Waals surface area contributed by atoms with Gasteiger partial charge in [-0.25, -0.2) is 18.4 Å². The Bertz CT molecular complexity index is 1480. The first-order chi connectivity index (χ1) is 16.8. The lowest BCUT2D eigenvalue weighted by Gasteiger charge is -2.36. The number of anilines is 1. The quantitative estimate of drug-likeness (QED) is 0.411. The van der Waals surface area contributed by atoms with Crippen LogP contribution in [0, 0.1) is 20.8 Å². The number of fused-ring (bicyclic) bond motifs is 1.